The highest BCUT2D eigenvalue weighted by atomic mass is 32.2. The maximum absolute atomic E-state index is 11.7. The summed E-state index contributed by atoms with van der Waals surface area (Å²) in [5, 5.41) is 3.17. The molecule has 0 aliphatic carbocycles. The van der Waals surface area contributed by atoms with E-state index in [1.54, 1.807) is 42.5 Å². The Bertz CT molecular complexity index is 800. The maximum Gasteiger partial charge on any atom is 0.301 e. The highest BCUT2D eigenvalue weighted by Gasteiger charge is 2.12. The highest BCUT2D eigenvalue weighted by Crippen LogP contribution is 2.20. The number of Topliss-reactive ketones (excluding diaryl/α,β-unsaturated/α-hetero) is 1. The van der Waals surface area contributed by atoms with Crippen LogP contribution in [0.4, 0.5) is 17.1 Å². The van der Waals surface area contributed by atoms with Gasteiger partial charge in [-0.3, -0.25) is 9.52 Å². The van der Waals surface area contributed by atoms with E-state index in [1.165, 1.54) is 21.0 Å². The van der Waals surface area contributed by atoms with Crippen molar-refractivity contribution in [1.82, 2.24) is 4.31 Å². The third-order valence-electron chi connectivity index (χ3n) is 3.17. The number of hydrogen-bond acceptors (Lipinski definition) is 4. The summed E-state index contributed by atoms with van der Waals surface area (Å²) in [5.41, 5.74) is 2.69. The number of benzene rings is 2. The smallest absolute Gasteiger partial charge is 0.301 e. The van der Waals surface area contributed by atoms with Gasteiger partial charge in [-0.1, -0.05) is 12.1 Å². The number of nitrogens with one attached hydrogen (secondary N) is 2. The van der Waals surface area contributed by atoms with Crippen molar-refractivity contribution >= 4 is 33.1 Å². The molecule has 2 aromatic rings. The highest BCUT2D eigenvalue weighted by molar-refractivity contribution is 7.90. The zero-order valence-electron chi connectivity index (χ0n) is 13.2. The second kappa shape index (κ2) is 6.80. The van der Waals surface area contributed by atoms with Gasteiger partial charge in [-0.05, 0) is 43.3 Å². The van der Waals surface area contributed by atoms with Gasteiger partial charge in [0.1, 0.15) is 0 Å². The summed E-state index contributed by atoms with van der Waals surface area (Å²) in [4.78, 5) is 11.4. The van der Waals surface area contributed by atoms with Crippen LogP contribution in [-0.4, -0.2) is 32.6 Å². The van der Waals surface area contributed by atoms with Gasteiger partial charge in [-0.2, -0.15) is 12.7 Å². The summed E-state index contributed by atoms with van der Waals surface area (Å²) in [5.74, 6) is 0.00194. The first-order valence-corrected chi connectivity index (χ1v) is 8.40. The molecular weight excluding hydrogens is 314 g/mol. The molecule has 0 heterocycles. The fourth-order valence-electron chi connectivity index (χ4n) is 1.84. The Morgan fingerprint density at radius 1 is 0.957 bits per heavy atom. The van der Waals surface area contributed by atoms with Crippen LogP contribution in [0.25, 0.3) is 0 Å². The van der Waals surface area contributed by atoms with Crippen molar-refractivity contribution in [3.05, 3.63) is 54.1 Å². The van der Waals surface area contributed by atoms with Crippen molar-refractivity contribution < 1.29 is 13.2 Å². The quantitative estimate of drug-likeness (QED) is 0.797. The minimum atomic E-state index is -3.51. The van der Waals surface area contributed by atoms with Gasteiger partial charge in [0.15, 0.2) is 5.78 Å². The summed E-state index contributed by atoms with van der Waals surface area (Å²) in [6.07, 6.45) is 0. The third-order valence-corrected chi connectivity index (χ3v) is 4.63. The lowest BCUT2D eigenvalue weighted by Crippen LogP contribution is -2.28. The Morgan fingerprint density at radius 2 is 1.57 bits per heavy atom. The monoisotopic (exact) mass is 333 g/mol. The van der Waals surface area contributed by atoms with Crippen LogP contribution in [0.1, 0.15) is 17.3 Å². The predicted molar refractivity (Wildman–Crippen MR) is 92.4 cm³/mol. The number of ketones is 1. The van der Waals surface area contributed by atoms with E-state index in [9.17, 15) is 13.2 Å². The molecule has 0 aliphatic heterocycles. The summed E-state index contributed by atoms with van der Waals surface area (Å²) in [6.45, 7) is 1.52. The lowest BCUT2D eigenvalue weighted by Gasteiger charge is -2.14. The molecule has 2 rings (SSSR count). The molecule has 0 amide bonds. The fourth-order valence-corrected chi connectivity index (χ4v) is 2.46. The van der Waals surface area contributed by atoms with Crippen LogP contribution in [0.2, 0.25) is 0 Å². The number of anilines is 3. The van der Waals surface area contributed by atoms with E-state index in [1.807, 2.05) is 6.07 Å². The van der Waals surface area contributed by atoms with Gasteiger partial charge in [0, 0.05) is 36.7 Å². The first kappa shape index (κ1) is 17.0. The maximum atomic E-state index is 11.7. The molecule has 0 aromatic heterocycles. The van der Waals surface area contributed by atoms with E-state index in [4.69, 9.17) is 0 Å². The molecule has 0 radical (unpaired) electrons. The van der Waals surface area contributed by atoms with E-state index in [2.05, 4.69) is 10.0 Å². The average molecular weight is 333 g/mol. The van der Waals surface area contributed by atoms with Crippen molar-refractivity contribution in [3.8, 4) is 0 Å². The van der Waals surface area contributed by atoms with Crippen molar-refractivity contribution in [1.29, 1.82) is 0 Å². The van der Waals surface area contributed by atoms with Crippen molar-refractivity contribution in [2.45, 2.75) is 6.92 Å². The van der Waals surface area contributed by atoms with Crippen LogP contribution in [0.15, 0.2) is 48.5 Å². The predicted octanol–water partition coefficient (Wildman–Crippen LogP) is 2.85. The van der Waals surface area contributed by atoms with Crippen molar-refractivity contribution in [2.24, 2.45) is 0 Å². The second-order valence-electron chi connectivity index (χ2n) is 5.23. The molecule has 0 aliphatic rings. The second-order valence-corrected chi connectivity index (χ2v) is 7.11. The van der Waals surface area contributed by atoms with Gasteiger partial charge >= 0.3 is 10.2 Å². The van der Waals surface area contributed by atoms with Crippen molar-refractivity contribution in [3.63, 3.8) is 0 Å². The molecule has 23 heavy (non-hydrogen) atoms. The van der Waals surface area contributed by atoms with Gasteiger partial charge in [0.2, 0.25) is 0 Å². The fraction of sp³-hybridized carbons (Fsp3) is 0.188. The summed E-state index contributed by atoms with van der Waals surface area (Å²) in [7, 11) is -0.595. The van der Waals surface area contributed by atoms with Gasteiger partial charge in [0.05, 0.1) is 0 Å². The molecule has 122 valence electrons. The Balaban J connectivity index is 2.11. The molecule has 0 unspecified atom stereocenters. The lowest BCUT2D eigenvalue weighted by atomic mass is 10.1. The molecule has 0 spiro atoms. The Labute approximate surface area is 136 Å². The molecular formula is C16H19N3O3S. The summed E-state index contributed by atoms with van der Waals surface area (Å²) >= 11 is 0. The van der Waals surface area contributed by atoms with E-state index in [-0.39, 0.29) is 5.78 Å². The third kappa shape index (κ3) is 4.54. The zero-order chi connectivity index (χ0) is 17.0. The summed E-state index contributed by atoms with van der Waals surface area (Å²) < 4.78 is 27.1. The SMILES string of the molecule is CC(=O)c1cccc(Nc2ccc(NS(=O)(=O)N(C)C)cc2)c1. The van der Waals surface area contributed by atoms with Crippen LogP contribution in [0.3, 0.4) is 0 Å². The zero-order valence-corrected chi connectivity index (χ0v) is 14.0. The molecule has 6 nitrogen and oxygen atoms in total. The topological polar surface area (TPSA) is 78.5 Å². The molecule has 0 fully saturated rings. The minimum absolute atomic E-state index is 0.00194. The molecule has 2 aromatic carbocycles. The van der Waals surface area contributed by atoms with Gasteiger partial charge < -0.3 is 5.32 Å². The molecule has 0 bridgehead atoms. The molecule has 2 N–H and O–H groups in total. The first-order valence-electron chi connectivity index (χ1n) is 6.96. The standard InChI is InChI=1S/C16H19N3O3S/c1-12(20)13-5-4-6-16(11-13)17-14-7-9-15(10-8-14)18-23(21,22)19(2)3/h4-11,17-18H,1-3H3. The average Bonchev–Trinajstić information content (AvgIpc) is 2.49. The molecule has 0 atom stereocenters. The largest absolute Gasteiger partial charge is 0.356 e. The van der Waals surface area contributed by atoms with Crippen molar-refractivity contribution in [2.75, 3.05) is 24.1 Å². The van der Waals surface area contributed by atoms with E-state index >= 15 is 0 Å². The van der Waals surface area contributed by atoms with Crippen LogP contribution in [-0.2, 0) is 10.2 Å². The van der Waals surface area contributed by atoms with Crippen LogP contribution in [0, 0.1) is 0 Å². The van der Waals surface area contributed by atoms with E-state index in [0.717, 1.165) is 15.7 Å². The molecule has 0 saturated heterocycles. The van der Waals surface area contributed by atoms with E-state index in [0.29, 0.717) is 11.3 Å². The Morgan fingerprint density at radius 3 is 2.13 bits per heavy atom. The molecule has 7 heteroatoms. The van der Waals surface area contributed by atoms with Crippen LogP contribution >= 0.6 is 0 Å². The van der Waals surface area contributed by atoms with Gasteiger partial charge in [-0.25, -0.2) is 0 Å². The van der Waals surface area contributed by atoms with E-state index < -0.39 is 10.2 Å². The first-order chi connectivity index (χ1) is 10.8. The normalized spacial score (nSPS) is 11.3. The number of hydrogen-bond donors (Lipinski definition) is 2. The Kier molecular flexibility index (Phi) is 5.02. The molecule has 0 saturated carbocycles. The van der Waals surface area contributed by atoms with Crippen LogP contribution in [0.5, 0.6) is 0 Å². The number of nitrogens with zero attached hydrogens (tertiary/aromatic N) is 1. The Hall–Kier alpha value is -2.38. The number of carbonyl (C=O) groups excluding carboxylic acids is 1. The lowest BCUT2D eigenvalue weighted by molar-refractivity contribution is 0.101. The number of carbonyl (C=O) groups is 1. The summed E-state index contributed by atoms with van der Waals surface area (Å²) in [6, 6.07) is 14.0. The number of rotatable bonds is 6. The van der Waals surface area contributed by atoms with Gasteiger partial charge in [-0.15, -0.1) is 0 Å². The van der Waals surface area contributed by atoms with Crippen LogP contribution < -0.4 is 10.0 Å². The minimum Gasteiger partial charge on any atom is -0.356 e. The van der Waals surface area contributed by atoms with Gasteiger partial charge in [0.25, 0.3) is 0 Å².